The van der Waals surface area contributed by atoms with Gasteiger partial charge >= 0.3 is 0 Å². The van der Waals surface area contributed by atoms with Gasteiger partial charge in [0.2, 0.25) is 0 Å². The van der Waals surface area contributed by atoms with E-state index in [0.29, 0.717) is 12.1 Å². The summed E-state index contributed by atoms with van der Waals surface area (Å²) in [5, 5.41) is 0. The van der Waals surface area contributed by atoms with Gasteiger partial charge in [-0.3, -0.25) is 9.98 Å². The van der Waals surface area contributed by atoms with Crippen molar-refractivity contribution in [1.29, 1.82) is 0 Å². The van der Waals surface area contributed by atoms with Gasteiger partial charge in [-0.15, -0.1) is 0 Å². The van der Waals surface area contributed by atoms with E-state index >= 15 is 0 Å². The number of hydrogen-bond donors (Lipinski definition) is 0. The first kappa shape index (κ1) is 6.81. The summed E-state index contributed by atoms with van der Waals surface area (Å²) in [5.41, 5.74) is 2.82. The number of hydrogen-bond acceptors (Lipinski definition) is 2. The smallest absolute Gasteiger partial charge is 0.0876 e. The van der Waals surface area contributed by atoms with Crippen molar-refractivity contribution in [2.45, 2.75) is 50.6 Å². The van der Waals surface area contributed by atoms with Crippen LogP contribution in [0, 0.1) is 0 Å². The van der Waals surface area contributed by atoms with E-state index in [-0.39, 0.29) is 0 Å². The molecule has 0 N–H and O–H groups in total. The van der Waals surface area contributed by atoms with E-state index in [1.165, 1.54) is 49.9 Å². The van der Waals surface area contributed by atoms with Crippen LogP contribution >= 0.6 is 0 Å². The average Bonchev–Trinajstić information content (AvgIpc) is 2.64. The third-order valence-corrected chi connectivity index (χ3v) is 3.23. The summed E-state index contributed by atoms with van der Waals surface area (Å²) in [6.45, 7) is 0. The third-order valence-electron chi connectivity index (χ3n) is 3.23. The molecule has 0 aromatic rings. The molecular weight excluding hydrogens is 148 g/mol. The van der Waals surface area contributed by atoms with Crippen LogP contribution in [-0.4, -0.2) is 23.5 Å². The Morgan fingerprint density at radius 2 is 1.33 bits per heavy atom. The first-order chi connectivity index (χ1) is 5.93. The average molecular weight is 162 g/mol. The lowest BCUT2D eigenvalue weighted by Crippen LogP contribution is -2.26. The van der Waals surface area contributed by atoms with Crippen molar-refractivity contribution in [2.24, 2.45) is 9.98 Å². The highest BCUT2D eigenvalue weighted by Crippen LogP contribution is 2.29. The van der Waals surface area contributed by atoms with E-state index in [2.05, 4.69) is 0 Å². The van der Waals surface area contributed by atoms with Crippen molar-refractivity contribution in [3.63, 3.8) is 0 Å². The fraction of sp³-hybridized carbons (Fsp3) is 0.800. The molecule has 0 aromatic heterocycles. The lowest BCUT2D eigenvalue weighted by atomic mass is 10.1. The summed E-state index contributed by atoms with van der Waals surface area (Å²) < 4.78 is 0. The van der Waals surface area contributed by atoms with Crippen LogP contribution in [0.25, 0.3) is 0 Å². The minimum atomic E-state index is 0.509. The standard InChI is InChI=1S/C10H14N2/c1-3-7-8(4-1)12-10-6-2-5-9(10)11-7/h7,10H,1-6H2. The molecule has 2 atom stereocenters. The Bertz CT molecular complexity index is 237. The molecule has 2 heteroatoms. The van der Waals surface area contributed by atoms with Crippen LogP contribution in [0.5, 0.6) is 0 Å². The molecule has 0 bridgehead atoms. The molecule has 2 saturated carbocycles. The predicted molar refractivity (Wildman–Crippen MR) is 50.1 cm³/mol. The highest BCUT2D eigenvalue weighted by atomic mass is 15.0. The molecule has 1 heterocycles. The quantitative estimate of drug-likeness (QED) is 0.520. The van der Waals surface area contributed by atoms with Crippen LogP contribution in [0.15, 0.2) is 9.98 Å². The topological polar surface area (TPSA) is 24.7 Å². The summed E-state index contributed by atoms with van der Waals surface area (Å²) in [7, 11) is 0. The van der Waals surface area contributed by atoms with Crippen LogP contribution in [0.2, 0.25) is 0 Å². The molecule has 0 radical (unpaired) electrons. The molecule has 3 rings (SSSR count). The van der Waals surface area contributed by atoms with Gasteiger partial charge in [0.05, 0.1) is 12.1 Å². The Kier molecular flexibility index (Phi) is 1.37. The van der Waals surface area contributed by atoms with Gasteiger partial charge in [-0.2, -0.15) is 0 Å². The Labute approximate surface area is 72.8 Å². The maximum absolute atomic E-state index is 4.79. The van der Waals surface area contributed by atoms with Crippen molar-refractivity contribution < 1.29 is 0 Å². The van der Waals surface area contributed by atoms with Crippen LogP contribution in [-0.2, 0) is 0 Å². The Hall–Kier alpha value is -0.660. The van der Waals surface area contributed by atoms with Crippen molar-refractivity contribution in [1.82, 2.24) is 0 Å². The molecule has 1 aliphatic heterocycles. The molecule has 2 nitrogen and oxygen atoms in total. The van der Waals surface area contributed by atoms with E-state index in [4.69, 9.17) is 9.98 Å². The molecule has 0 saturated heterocycles. The SMILES string of the molecule is C1CC2=NC3CCCC3=NC2C1. The van der Waals surface area contributed by atoms with Crippen LogP contribution in [0.1, 0.15) is 38.5 Å². The van der Waals surface area contributed by atoms with E-state index in [1.54, 1.807) is 0 Å². The van der Waals surface area contributed by atoms with Crippen molar-refractivity contribution >= 4 is 11.4 Å². The van der Waals surface area contributed by atoms with Crippen molar-refractivity contribution in [2.75, 3.05) is 0 Å². The molecule has 2 aliphatic carbocycles. The lowest BCUT2D eigenvalue weighted by Gasteiger charge is -2.17. The lowest BCUT2D eigenvalue weighted by molar-refractivity contribution is 0.753. The fourth-order valence-corrected chi connectivity index (χ4v) is 2.60. The Morgan fingerprint density at radius 1 is 0.833 bits per heavy atom. The normalized spacial score (nSPS) is 38.7. The second kappa shape index (κ2) is 2.41. The Morgan fingerprint density at radius 3 is 1.83 bits per heavy atom. The minimum Gasteiger partial charge on any atom is -0.283 e. The van der Waals surface area contributed by atoms with Gasteiger partial charge in [-0.1, -0.05) is 0 Å². The zero-order chi connectivity index (χ0) is 7.97. The molecule has 2 fully saturated rings. The number of rotatable bonds is 0. The molecule has 2 unspecified atom stereocenters. The molecule has 0 amide bonds. The predicted octanol–water partition coefficient (Wildman–Crippen LogP) is 1.99. The molecular formula is C10H14N2. The summed E-state index contributed by atoms with van der Waals surface area (Å²) in [6.07, 6.45) is 7.58. The van der Waals surface area contributed by atoms with E-state index in [0.717, 1.165) is 0 Å². The van der Waals surface area contributed by atoms with E-state index in [9.17, 15) is 0 Å². The van der Waals surface area contributed by atoms with E-state index < -0.39 is 0 Å². The Balaban J connectivity index is 1.96. The highest BCUT2D eigenvalue weighted by molar-refractivity contribution is 6.02. The maximum atomic E-state index is 4.79. The number of aliphatic imine (C=N–C) groups is 2. The van der Waals surface area contributed by atoms with Crippen LogP contribution in [0.4, 0.5) is 0 Å². The molecule has 64 valence electrons. The fourth-order valence-electron chi connectivity index (χ4n) is 2.60. The van der Waals surface area contributed by atoms with Gasteiger partial charge in [0.25, 0.3) is 0 Å². The van der Waals surface area contributed by atoms with Gasteiger partial charge < -0.3 is 0 Å². The highest BCUT2D eigenvalue weighted by Gasteiger charge is 2.32. The van der Waals surface area contributed by atoms with Crippen LogP contribution in [0.3, 0.4) is 0 Å². The minimum absolute atomic E-state index is 0.509. The van der Waals surface area contributed by atoms with Gasteiger partial charge in [0.1, 0.15) is 0 Å². The van der Waals surface area contributed by atoms with Crippen molar-refractivity contribution in [3.8, 4) is 0 Å². The molecule has 0 spiro atoms. The second-order valence-electron chi connectivity index (χ2n) is 4.06. The zero-order valence-electron chi connectivity index (χ0n) is 7.29. The monoisotopic (exact) mass is 162 g/mol. The van der Waals surface area contributed by atoms with Crippen LogP contribution < -0.4 is 0 Å². The molecule has 0 aromatic carbocycles. The van der Waals surface area contributed by atoms with Gasteiger partial charge in [-0.25, -0.2) is 0 Å². The van der Waals surface area contributed by atoms with Crippen molar-refractivity contribution in [3.05, 3.63) is 0 Å². The van der Waals surface area contributed by atoms with E-state index in [1.807, 2.05) is 0 Å². The third kappa shape index (κ3) is 0.869. The van der Waals surface area contributed by atoms with Gasteiger partial charge in [0, 0.05) is 11.4 Å². The summed E-state index contributed by atoms with van der Waals surface area (Å²) in [6, 6.07) is 1.02. The first-order valence-corrected chi connectivity index (χ1v) is 5.06. The summed E-state index contributed by atoms with van der Waals surface area (Å²) in [5.74, 6) is 0. The number of fused-ring (bicyclic) bond motifs is 2. The molecule has 12 heavy (non-hydrogen) atoms. The second-order valence-corrected chi connectivity index (χ2v) is 4.06. The van der Waals surface area contributed by atoms with Gasteiger partial charge in [0.15, 0.2) is 0 Å². The molecule has 3 aliphatic rings. The van der Waals surface area contributed by atoms with Gasteiger partial charge in [-0.05, 0) is 38.5 Å². The summed E-state index contributed by atoms with van der Waals surface area (Å²) >= 11 is 0. The zero-order valence-corrected chi connectivity index (χ0v) is 7.29. The largest absolute Gasteiger partial charge is 0.283 e. The maximum Gasteiger partial charge on any atom is 0.0876 e. The number of nitrogens with zero attached hydrogens (tertiary/aromatic N) is 2. The summed E-state index contributed by atoms with van der Waals surface area (Å²) in [4.78, 5) is 9.58. The first-order valence-electron chi connectivity index (χ1n) is 5.06.